The molecule has 0 aromatic carbocycles. The molecule has 0 radical (unpaired) electrons. The molecule has 3 amide bonds. The predicted molar refractivity (Wildman–Crippen MR) is 81.8 cm³/mol. The second kappa shape index (κ2) is 6.74. The van der Waals surface area contributed by atoms with Crippen molar-refractivity contribution in [2.75, 3.05) is 13.6 Å². The van der Waals surface area contributed by atoms with E-state index in [1.54, 1.807) is 23.3 Å². The van der Waals surface area contributed by atoms with Crippen LogP contribution >= 0.6 is 11.3 Å². The van der Waals surface area contributed by atoms with Crippen molar-refractivity contribution in [3.05, 3.63) is 21.9 Å². The maximum absolute atomic E-state index is 11.9. The second-order valence-electron chi connectivity index (χ2n) is 5.83. The molecule has 112 valence electrons. The summed E-state index contributed by atoms with van der Waals surface area (Å²) < 4.78 is 0. The third-order valence-corrected chi connectivity index (χ3v) is 3.44. The number of aryl methyl sites for hydroxylation is 1. The molecule has 0 atom stereocenters. The van der Waals surface area contributed by atoms with E-state index in [0.29, 0.717) is 6.54 Å². The third-order valence-electron chi connectivity index (χ3n) is 2.45. The summed E-state index contributed by atoms with van der Waals surface area (Å²) in [6.07, 6.45) is 0. The van der Waals surface area contributed by atoms with E-state index in [1.165, 1.54) is 4.88 Å². The average molecular weight is 297 g/mol. The number of nitrogens with zero attached hydrogens (tertiary/aromatic N) is 1. The largest absolute Gasteiger partial charge is 0.350 e. The van der Waals surface area contributed by atoms with Gasteiger partial charge in [0.2, 0.25) is 5.91 Å². The summed E-state index contributed by atoms with van der Waals surface area (Å²) in [4.78, 5) is 27.4. The molecule has 1 heterocycles. The van der Waals surface area contributed by atoms with E-state index in [2.05, 4.69) is 10.6 Å². The number of hydrogen-bond donors (Lipinski definition) is 2. The zero-order chi connectivity index (χ0) is 15.3. The van der Waals surface area contributed by atoms with Crippen molar-refractivity contribution < 1.29 is 9.59 Å². The van der Waals surface area contributed by atoms with Crippen molar-refractivity contribution in [2.24, 2.45) is 0 Å². The number of carbonyl (C=O) groups excluding carboxylic acids is 2. The Morgan fingerprint density at radius 2 is 1.95 bits per heavy atom. The lowest BCUT2D eigenvalue weighted by Gasteiger charge is -2.21. The fourth-order valence-electron chi connectivity index (χ4n) is 1.63. The van der Waals surface area contributed by atoms with E-state index in [9.17, 15) is 9.59 Å². The molecule has 20 heavy (non-hydrogen) atoms. The van der Waals surface area contributed by atoms with Crippen molar-refractivity contribution in [1.29, 1.82) is 0 Å². The number of hydrogen-bond acceptors (Lipinski definition) is 3. The van der Waals surface area contributed by atoms with Crippen LogP contribution in [0.15, 0.2) is 12.1 Å². The molecule has 1 aromatic heterocycles. The van der Waals surface area contributed by atoms with E-state index in [1.807, 2.05) is 39.8 Å². The molecule has 2 N–H and O–H groups in total. The third kappa shape index (κ3) is 6.06. The predicted octanol–water partition coefficient (Wildman–Crippen LogP) is 2.11. The second-order valence-corrected chi connectivity index (χ2v) is 7.20. The topological polar surface area (TPSA) is 61.4 Å². The first-order chi connectivity index (χ1) is 9.17. The highest BCUT2D eigenvalue weighted by Gasteiger charge is 2.15. The number of amides is 3. The molecular weight excluding hydrogens is 274 g/mol. The minimum atomic E-state index is -0.289. The highest BCUT2D eigenvalue weighted by molar-refractivity contribution is 7.11. The fraction of sp³-hybridized carbons (Fsp3) is 0.571. The van der Waals surface area contributed by atoms with Gasteiger partial charge in [0.1, 0.15) is 0 Å². The summed E-state index contributed by atoms with van der Waals surface area (Å²) in [6.45, 7) is 8.27. The van der Waals surface area contributed by atoms with Crippen molar-refractivity contribution in [3.63, 3.8) is 0 Å². The molecule has 0 aliphatic rings. The Balaban J connectivity index is 2.37. The Bertz CT molecular complexity index is 477. The van der Waals surface area contributed by atoms with Crippen LogP contribution in [0.25, 0.3) is 0 Å². The van der Waals surface area contributed by atoms with Gasteiger partial charge in [0, 0.05) is 22.3 Å². The number of nitrogens with one attached hydrogen (secondary N) is 2. The van der Waals surface area contributed by atoms with Crippen LogP contribution in [-0.4, -0.2) is 36.0 Å². The van der Waals surface area contributed by atoms with Gasteiger partial charge in [-0.2, -0.15) is 0 Å². The minimum absolute atomic E-state index is 0.0100. The smallest absolute Gasteiger partial charge is 0.317 e. The van der Waals surface area contributed by atoms with Crippen LogP contribution in [0.2, 0.25) is 0 Å². The van der Waals surface area contributed by atoms with Gasteiger partial charge in [-0.25, -0.2) is 4.79 Å². The Hall–Kier alpha value is -1.56. The maximum atomic E-state index is 11.9. The lowest BCUT2D eigenvalue weighted by Crippen LogP contribution is -2.47. The van der Waals surface area contributed by atoms with Crippen molar-refractivity contribution in [3.8, 4) is 0 Å². The molecule has 0 aliphatic heterocycles. The van der Waals surface area contributed by atoms with E-state index in [4.69, 9.17) is 0 Å². The van der Waals surface area contributed by atoms with Gasteiger partial charge in [-0.15, -0.1) is 11.3 Å². The molecule has 0 aliphatic carbocycles. The Kier molecular flexibility index (Phi) is 5.56. The van der Waals surface area contributed by atoms with Crippen LogP contribution in [0.3, 0.4) is 0 Å². The Morgan fingerprint density at radius 1 is 1.30 bits per heavy atom. The molecule has 0 bridgehead atoms. The van der Waals surface area contributed by atoms with Gasteiger partial charge in [-0.1, -0.05) is 0 Å². The molecule has 1 aromatic rings. The van der Waals surface area contributed by atoms with Crippen molar-refractivity contribution >= 4 is 23.3 Å². The van der Waals surface area contributed by atoms with Gasteiger partial charge < -0.3 is 15.5 Å². The van der Waals surface area contributed by atoms with Gasteiger partial charge in [-0.05, 0) is 39.8 Å². The molecule has 6 heteroatoms. The number of rotatable bonds is 4. The fourth-order valence-corrected chi connectivity index (χ4v) is 2.57. The Labute approximate surface area is 124 Å². The minimum Gasteiger partial charge on any atom is -0.350 e. The number of carbonyl (C=O) groups is 2. The van der Waals surface area contributed by atoms with Crippen LogP contribution in [0.1, 0.15) is 30.5 Å². The maximum Gasteiger partial charge on any atom is 0.317 e. The highest BCUT2D eigenvalue weighted by Crippen LogP contribution is 2.16. The number of urea groups is 1. The average Bonchev–Trinajstić information content (AvgIpc) is 2.69. The molecule has 0 fully saturated rings. The summed E-state index contributed by atoms with van der Waals surface area (Å²) in [7, 11) is 1.71. The van der Waals surface area contributed by atoms with E-state index < -0.39 is 0 Å². The van der Waals surface area contributed by atoms with Gasteiger partial charge in [0.15, 0.2) is 0 Å². The summed E-state index contributed by atoms with van der Waals surface area (Å²) in [5, 5.41) is 5.41. The first kappa shape index (κ1) is 16.5. The zero-order valence-electron chi connectivity index (χ0n) is 12.7. The van der Waals surface area contributed by atoms with Gasteiger partial charge in [0.25, 0.3) is 0 Å². The van der Waals surface area contributed by atoms with Crippen LogP contribution in [0.5, 0.6) is 0 Å². The zero-order valence-corrected chi connectivity index (χ0v) is 13.6. The van der Waals surface area contributed by atoms with Crippen molar-refractivity contribution in [1.82, 2.24) is 15.5 Å². The standard InChI is InChI=1S/C14H23N3O2S/c1-10-6-7-11(20-10)9-17(5)13(19)15-8-12(18)16-14(2,3)4/h6-7H,8-9H2,1-5H3,(H,15,19)(H,16,18). The Morgan fingerprint density at radius 3 is 2.45 bits per heavy atom. The first-order valence-corrected chi connectivity index (χ1v) is 7.34. The number of thiophene rings is 1. The summed E-state index contributed by atoms with van der Waals surface area (Å²) >= 11 is 1.66. The monoisotopic (exact) mass is 297 g/mol. The normalized spacial score (nSPS) is 11.1. The molecule has 0 saturated carbocycles. The van der Waals surface area contributed by atoms with Crippen LogP contribution in [-0.2, 0) is 11.3 Å². The molecule has 0 saturated heterocycles. The highest BCUT2D eigenvalue weighted by atomic mass is 32.1. The lowest BCUT2D eigenvalue weighted by atomic mass is 10.1. The molecule has 0 spiro atoms. The lowest BCUT2D eigenvalue weighted by molar-refractivity contribution is -0.121. The van der Waals surface area contributed by atoms with Crippen LogP contribution in [0, 0.1) is 6.92 Å². The molecule has 1 rings (SSSR count). The van der Waals surface area contributed by atoms with Gasteiger partial charge in [-0.3, -0.25) is 4.79 Å². The summed E-state index contributed by atoms with van der Waals surface area (Å²) in [5.74, 6) is -0.189. The summed E-state index contributed by atoms with van der Waals surface area (Å²) in [5.41, 5.74) is -0.289. The quantitative estimate of drug-likeness (QED) is 0.894. The SMILES string of the molecule is Cc1ccc(CN(C)C(=O)NCC(=O)NC(C)(C)C)s1. The van der Waals surface area contributed by atoms with Gasteiger partial charge in [0.05, 0.1) is 13.1 Å². The van der Waals surface area contributed by atoms with Crippen molar-refractivity contribution in [2.45, 2.75) is 39.8 Å². The molecular formula is C14H23N3O2S. The molecule has 5 nitrogen and oxygen atoms in total. The molecule has 0 unspecified atom stereocenters. The summed E-state index contributed by atoms with van der Waals surface area (Å²) in [6, 6.07) is 3.79. The van der Waals surface area contributed by atoms with Gasteiger partial charge >= 0.3 is 6.03 Å². The first-order valence-electron chi connectivity index (χ1n) is 6.52. The van der Waals surface area contributed by atoms with E-state index >= 15 is 0 Å². The van der Waals surface area contributed by atoms with E-state index in [-0.39, 0.29) is 24.0 Å². The van der Waals surface area contributed by atoms with Crippen LogP contribution in [0.4, 0.5) is 4.79 Å². The van der Waals surface area contributed by atoms with E-state index in [0.717, 1.165) is 4.88 Å². The van der Waals surface area contributed by atoms with Crippen LogP contribution < -0.4 is 10.6 Å².